The Morgan fingerprint density at radius 1 is 0.933 bits per heavy atom. The number of piperazine rings is 1. The van der Waals surface area contributed by atoms with Crippen molar-refractivity contribution in [1.82, 2.24) is 5.01 Å². The van der Waals surface area contributed by atoms with Gasteiger partial charge in [-0.05, 0) is 35.4 Å². The van der Waals surface area contributed by atoms with E-state index in [-0.39, 0.29) is 0 Å². The van der Waals surface area contributed by atoms with Crippen LogP contribution in [-0.2, 0) is 6.61 Å². The molecule has 0 saturated carbocycles. The van der Waals surface area contributed by atoms with Crippen LogP contribution in [0.5, 0.6) is 11.5 Å². The molecule has 1 N–H and O–H groups in total. The van der Waals surface area contributed by atoms with E-state index >= 15 is 0 Å². The van der Waals surface area contributed by atoms with E-state index in [0.29, 0.717) is 12.4 Å². The molecule has 154 valence electrons. The molecule has 6 heteroatoms. The third-order valence-electron chi connectivity index (χ3n) is 5.08. The lowest BCUT2D eigenvalue weighted by Crippen LogP contribution is -2.45. The molecular formula is C24H27N4O2+. The minimum atomic E-state index is 0.508. The van der Waals surface area contributed by atoms with Crippen molar-refractivity contribution in [2.24, 2.45) is 5.10 Å². The highest BCUT2D eigenvalue weighted by molar-refractivity contribution is 5.80. The monoisotopic (exact) mass is 403 g/mol. The lowest BCUT2D eigenvalue weighted by atomic mass is 10.2. The van der Waals surface area contributed by atoms with Gasteiger partial charge in [0.25, 0.3) is 5.82 Å². The largest absolute Gasteiger partial charge is 0.493 e. The summed E-state index contributed by atoms with van der Waals surface area (Å²) in [6.45, 7) is 4.15. The Labute approximate surface area is 177 Å². The zero-order valence-corrected chi connectivity index (χ0v) is 17.2. The van der Waals surface area contributed by atoms with Crippen LogP contribution in [0, 0.1) is 0 Å². The predicted molar refractivity (Wildman–Crippen MR) is 118 cm³/mol. The number of aromatic amines is 1. The number of hydrazone groups is 1. The first kappa shape index (κ1) is 19.8. The number of nitrogens with zero attached hydrogens (tertiary/aromatic N) is 3. The Kier molecular flexibility index (Phi) is 6.44. The number of methoxy groups -OCH3 is 1. The number of nitrogens with one attached hydrogen (secondary N) is 1. The number of rotatable bonds is 7. The summed E-state index contributed by atoms with van der Waals surface area (Å²) in [6, 6.07) is 22.2. The van der Waals surface area contributed by atoms with E-state index < -0.39 is 0 Å². The zero-order chi connectivity index (χ0) is 20.6. The van der Waals surface area contributed by atoms with Gasteiger partial charge in [-0.25, -0.2) is 4.98 Å². The second-order valence-corrected chi connectivity index (χ2v) is 7.12. The topological polar surface area (TPSA) is 51.4 Å². The molecule has 1 aliphatic rings. The maximum absolute atomic E-state index is 5.93. The highest BCUT2D eigenvalue weighted by Crippen LogP contribution is 2.28. The van der Waals surface area contributed by atoms with E-state index in [0.717, 1.165) is 48.9 Å². The average Bonchev–Trinajstić information content (AvgIpc) is 2.83. The summed E-state index contributed by atoms with van der Waals surface area (Å²) in [7, 11) is 1.66. The zero-order valence-electron chi connectivity index (χ0n) is 17.2. The fourth-order valence-electron chi connectivity index (χ4n) is 3.40. The molecule has 1 aromatic heterocycles. The smallest absolute Gasteiger partial charge is 0.274 e. The highest BCUT2D eigenvalue weighted by atomic mass is 16.5. The quantitative estimate of drug-likeness (QED) is 0.569. The number of hydrogen-bond acceptors (Lipinski definition) is 5. The molecule has 1 fully saturated rings. The van der Waals surface area contributed by atoms with Gasteiger partial charge in [0.15, 0.2) is 11.5 Å². The van der Waals surface area contributed by atoms with Crippen LogP contribution in [0.25, 0.3) is 0 Å². The summed E-state index contributed by atoms with van der Waals surface area (Å²) in [5, 5.41) is 6.76. The van der Waals surface area contributed by atoms with Crippen LogP contribution >= 0.6 is 0 Å². The van der Waals surface area contributed by atoms with E-state index in [4.69, 9.17) is 9.47 Å². The van der Waals surface area contributed by atoms with Gasteiger partial charge in [0, 0.05) is 6.07 Å². The molecule has 2 aromatic carbocycles. The van der Waals surface area contributed by atoms with E-state index in [1.807, 2.05) is 67.0 Å². The van der Waals surface area contributed by atoms with E-state index in [1.165, 1.54) is 0 Å². The van der Waals surface area contributed by atoms with Crippen LogP contribution in [0.15, 0.2) is 78.0 Å². The third kappa shape index (κ3) is 5.08. The average molecular weight is 404 g/mol. The molecule has 0 radical (unpaired) electrons. The van der Waals surface area contributed by atoms with Crippen LogP contribution < -0.4 is 19.4 Å². The van der Waals surface area contributed by atoms with E-state index in [2.05, 4.69) is 32.1 Å². The molecule has 0 spiro atoms. The molecule has 2 heterocycles. The van der Waals surface area contributed by atoms with Crippen LogP contribution in [0.1, 0.15) is 11.1 Å². The molecule has 1 saturated heterocycles. The minimum Gasteiger partial charge on any atom is -0.493 e. The highest BCUT2D eigenvalue weighted by Gasteiger charge is 2.21. The van der Waals surface area contributed by atoms with Gasteiger partial charge < -0.3 is 9.47 Å². The number of pyridine rings is 1. The van der Waals surface area contributed by atoms with Crippen LogP contribution in [0.4, 0.5) is 5.82 Å². The number of benzene rings is 2. The maximum atomic E-state index is 5.93. The van der Waals surface area contributed by atoms with Crippen LogP contribution in [-0.4, -0.2) is 44.5 Å². The summed E-state index contributed by atoms with van der Waals surface area (Å²) in [4.78, 5) is 5.63. The van der Waals surface area contributed by atoms with Crippen molar-refractivity contribution in [2.45, 2.75) is 6.61 Å². The predicted octanol–water partition coefficient (Wildman–Crippen LogP) is 3.24. The van der Waals surface area contributed by atoms with Gasteiger partial charge in [0.05, 0.1) is 32.6 Å². The summed E-state index contributed by atoms with van der Waals surface area (Å²) in [6.07, 6.45) is 3.84. The Morgan fingerprint density at radius 2 is 1.73 bits per heavy atom. The first-order valence-corrected chi connectivity index (χ1v) is 10.2. The number of hydrogen-bond donors (Lipinski definition) is 0. The van der Waals surface area contributed by atoms with Gasteiger partial charge in [-0.3, -0.25) is 9.91 Å². The molecule has 0 atom stereocenters. The fraction of sp³-hybridized carbons (Fsp3) is 0.250. The standard InChI is InChI=1S/C24H26N4O2/c1-29-23-17-21(10-11-22(23)30-19-20-7-3-2-4-8-20)18-26-28-15-13-27(14-16-28)24-9-5-6-12-25-24/h2-12,17-18H,13-16,19H2,1H3/p+1. The fourth-order valence-corrected chi connectivity index (χ4v) is 3.40. The molecule has 3 aromatic rings. The molecule has 0 amide bonds. The summed E-state index contributed by atoms with van der Waals surface area (Å²) in [5.74, 6) is 2.59. The lowest BCUT2D eigenvalue weighted by Gasteiger charge is -2.28. The molecule has 1 aliphatic heterocycles. The second-order valence-electron chi connectivity index (χ2n) is 7.12. The van der Waals surface area contributed by atoms with E-state index in [1.54, 1.807) is 7.11 Å². The SMILES string of the molecule is COc1cc(C=NN2CCN(c3cccc[nH+]3)CC2)ccc1OCc1ccccc1. The second kappa shape index (κ2) is 9.78. The van der Waals surface area contributed by atoms with Crippen molar-refractivity contribution in [3.8, 4) is 11.5 Å². The van der Waals surface area contributed by atoms with Crippen molar-refractivity contribution >= 4 is 12.0 Å². The summed E-state index contributed by atoms with van der Waals surface area (Å²) >= 11 is 0. The first-order chi connectivity index (χ1) is 14.8. The molecule has 4 rings (SSSR count). The van der Waals surface area contributed by atoms with Gasteiger partial charge in [-0.1, -0.05) is 36.4 Å². The molecule has 6 nitrogen and oxygen atoms in total. The number of H-pyrrole nitrogens is 1. The Hall–Kier alpha value is -3.54. The van der Waals surface area contributed by atoms with Crippen molar-refractivity contribution in [3.63, 3.8) is 0 Å². The van der Waals surface area contributed by atoms with Gasteiger partial charge in [-0.15, -0.1) is 0 Å². The van der Waals surface area contributed by atoms with Crippen LogP contribution in [0.2, 0.25) is 0 Å². The normalized spacial score (nSPS) is 14.2. The van der Waals surface area contributed by atoms with E-state index in [9.17, 15) is 0 Å². The first-order valence-electron chi connectivity index (χ1n) is 10.2. The van der Waals surface area contributed by atoms with Gasteiger partial charge in [0.1, 0.15) is 19.7 Å². The summed E-state index contributed by atoms with van der Waals surface area (Å²) < 4.78 is 11.4. The number of anilines is 1. The van der Waals surface area contributed by atoms with Crippen molar-refractivity contribution in [3.05, 3.63) is 84.1 Å². The summed E-state index contributed by atoms with van der Waals surface area (Å²) in [5.41, 5.74) is 2.11. The molecule has 30 heavy (non-hydrogen) atoms. The number of ether oxygens (including phenoxy) is 2. The van der Waals surface area contributed by atoms with Crippen molar-refractivity contribution in [2.75, 3.05) is 38.2 Å². The number of aromatic nitrogens is 1. The maximum Gasteiger partial charge on any atom is 0.274 e. The van der Waals surface area contributed by atoms with Gasteiger partial charge >= 0.3 is 0 Å². The Balaban J connectivity index is 1.33. The lowest BCUT2D eigenvalue weighted by molar-refractivity contribution is -0.364. The van der Waals surface area contributed by atoms with Crippen molar-refractivity contribution in [1.29, 1.82) is 0 Å². The van der Waals surface area contributed by atoms with Crippen molar-refractivity contribution < 1.29 is 14.5 Å². The van der Waals surface area contributed by atoms with Crippen LogP contribution in [0.3, 0.4) is 0 Å². The van der Waals surface area contributed by atoms with Gasteiger partial charge in [-0.2, -0.15) is 5.10 Å². The van der Waals surface area contributed by atoms with Gasteiger partial charge in [0.2, 0.25) is 0 Å². The Bertz CT molecular complexity index is 955. The molecule has 0 unspecified atom stereocenters. The molecule has 0 bridgehead atoms. The molecular weight excluding hydrogens is 376 g/mol. The Morgan fingerprint density at radius 3 is 2.47 bits per heavy atom. The third-order valence-corrected chi connectivity index (χ3v) is 5.08. The minimum absolute atomic E-state index is 0.508. The molecule has 0 aliphatic carbocycles.